The van der Waals surface area contributed by atoms with Crippen LogP contribution in [0.4, 0.5) is 0 Å². The molecule has 0 aliphatic carbocycles. The number of rotatable bonds is 6. The first-order valence-corrected chi connectivity index (χ1v) is 6.85. The van der Waals surface area contributed by atoms with E-state index in [1.807, 2.05) is 0 Å². The highest BCUT2D eigenvalue weighted by molar-refractivity contribution is 5.90. The summed E-state index contributed by atoms with van der Waals surface area (Å²) in [5.41, 5.74) is 1.04. The summed E-state index contributed by atoms with van der Waals surface area (Å²) in [4.78, 5) is 11.6. The van der Waals surface area contributed by atoms with E-state index in [4.69, 9.17) is 14.2 Å². The zero-order chi connectivity index (χ0) is 16.8. The van der Waals surface area contributed by atoms with E-state index < -0.39 is 5.97 Å². The minimum Gasteiger partial charge on any atom is -0.493 e. The Labute approximate surface area is 134 Å². The third-order valence-electron chi connectivity index (χ3n) is 3.22. The molecule has 2 aromatic carbocycles. The van der Waals surface area contributed by atoms with E-state index in [0.717, 1.165) is 0 Å². The Morgan fingerprint density at radius 1 is 0.913 bits per heavy atom. The quantitative estimate of drug-likeness (QED) is 0.826. The molecule has 0 saturated carbocycles. The molecule has 0 spiro atoms. The van der Waals surface area contributed by atoms with E-state index in [1.165, 1.54) is 27.4 Å². The summed E-state index contributed by atoms with van der Waals surface area (Å²) in [6, 6.07) is 9.83. The molecule has 2 rings (SSSR count). The summed E-state index contributed by atoms with van der Waals surface area (Å²) in [6.07, 6.45) is 0. The first-order chi connectivity index (χ1) is 11.1. The van der Waals surface area contributed by atoms with Crippen molar-refractivity contribution in [2.75, 3.05) is 21.3 Å². The number of ether oxygens (including phenoxy) is 4. The smallest absolute Gasteiger partial charge is 0.337 e. The van der Waals surface area contributed by atoms with Crippen molar-refractivity contribution in [1.29, 1.82) is 0 Å². The largest absolute Gasteiger partial charge is 0.493 e. The normalized spacial score (nSPS) is 10.1. The number of hydrogen-bond acceptors (Lipinski definition) is 6. The van der Waals surface area contributed by atoms with E-state index in [9.17, 15) is 9.90 Å². The highest BCUT2D eigenvalue weighted by atomic mass is 16.5. The minimum atomic E-state index is -0.463. The van der Waals surface area contributed by atoms with Gasteiger partial charge in [-0.3, -0.25) is 0 Å². The maximum absolute atomic E-state index is 11.6. The molecule has 0 atom stereocenters. The summed E-state index contributed by atoms with van der Waals surface area (Å²) in [5, 5.41) is 9.24. The number of carbonyl (C=O) groups is 1. The molecule has 0 heterocycles. The van der Waals surface area contributed by atoms with Crippen LogP contribution in [0.25, 0.3) is 0 Å². The zero-order valence-electron chi connectivity index (χ0n) is 13.2. The van der Waals surface area contributed by atoms with Gasteiger partial charge in [-0.15, -0.1) is 0 Å². The van der Waals surface area contributed by atoms with E-state index in [-0.39, 0.29) is 6.61 Å². The number of benzene rings is 2. The van der Waals surface area contributed by atoms with Gasteiger partial charge in [-0.05, 0) is 35.9 Å². The van der Waals surface area contributed by atoms with Gasteiger partial charge in [0, 0.05) is 0 Å². The van der Waals surface area contributed by atoms with Crippen molar-refractivity contribution in [2.45, 2.75) is 6.61 Å². The summed E-state index contributed by atoms with van der Waals surface area (Å²) >= 11 is 0. The summed E-state index contributed by atoms with van der Waals surface area (Å²) in [6.45, 7) is -0.112. The minimum absolute atomic E-state index is 0.112. The maximum atomic E-state index is 11.6. The number of aliphatic hydroxyl groups excluding tert-OH is 1. The summed E-state index contributed by atoms with van der Waals surface area (Å²) in [7, 11) is 4.31. The average Bonchev–Trinajstić information content (AvgIpc) is 2.61. The fourth-order valence-corrected chi connectivity index (χ4v) is 2.01. The zero-order valence-corrected chi connectivity index (χ0v) is 13.2. The predicted molar refractivity (Wildman–Crippen MR) is 83.3 cm³/mol. The highest BCUT2D eigenvalue weighted by Crippen LogP contribution is 2.37. The molecule has 0 radical (unpaired) electrons. The van der Waals surface area contributed by atoms with E-state index in [1.54, 1.807) is 30.3 Å². The third kappa shape index (κ3) is 3.73. The van der Waals surface area contributed by atoms with Gasteiger partial charge in [0.15, 0.2) is 23.0 Å². The Kier molecular flexibility index (Phi) is 5.43. The van der Waals surface area contributed by atoms with Crippen LogP contribution in [0.1, 0.15) is 15.9 Å². The molecule has 0 aromatic heterocycles. The van der Waals surface area contributed by atoms with Crippen LogP contribution >= 0.6 is 0 Å². The summed E-state index contributed by atoms with van der Waals surface area (Å²) in [5.74, 6) is 1.28. The second-order valence-corrected chi connectivity index (χ2v) is 4.60. The topological polar surface area (TPSA) is 74.2 Å². The van der Waals surface area contributed by atoms with Gasteiger partial charge < -0.3 is 24.1 Å². The molecule has 0 saturated heterocycles. The number of carbonyl (C=O) groups excluding carboxylic acids is 1. The Morgan fingerprint density at radius 3 is 2.22 bits per heavy atom. The maximum Gasteiger partial charge on any atom is 0.337 e. The Balaban J connectivity index is 2.38. The van der Waals surface area contributed by atoms with Crippen LogP contribution in [0, 0.1) is 0 Å². The van der Waals surface area contributed by atoms with Gasteiger partial charge in [0.05, 0.1) is 33.5 Å². The number of methoxy groups -OCH3 is 3. The predicted octanol–water partition coefficient (Wildman–Crippen LogP) is 2.78. The molecule has 0 aliphatic rings. The van der Waals surface area contributed by atoms with E-state index in [2.05, 4.69) is 4.74 Å². The molecule has 23 heavy (non-hydrogen) atoms. The van der Waals surface area contributed by atoms with Crippen molar-refractivity contribution >= 4 is 5.97 Å². The lowest BCUT2D eigenvalue weighted by molar-refractivity contribution is 0.0600. The van der Waals surface area contributed by atoms with Crippen molar-refractivity contribution in [3.05, 3.63) is 47.5 Å². The van der Waals surface area contributed by atoms with Gasteiger partial charge in [0.1, 0.15) is 0 Å². The first-order valence-electron chi connectivity index (χ1n) is 6.85. The van der Waals surface area contributed by atoms with Crippen LogP contribution in [0.2, 0.25) is 0 Å². The SMILES string of the molecule is COC(=O)c1ccc(Oc2cc(CO)ccc2OC)c(OC)c1. The number of hydrogen-bond donors (Lipinski definition) is 1. The molecular weight excluding hydrogens is 300 g/mol. The lowest BCUT2D eigenvalue weighted by atomic mass is 10.2. The average molecular weight is 318 g/mol. The Morgan fingerprint density at radius 2 is 1.61 bits per heavy atom. The van der Waals surface area contributed by atoms with Gasteiger partial charge >= 0.3 is 5.97 Å². The van der Waals surface area contributed by atoms with Crippen molar-refractivity contribution in [1.82, 2.24) is 0 Å². The molecule has 6 heteroatoms. The van der Waals surface area contributed by atoms with E-state index in [0.29, 0.717) is 34.1 Å². The van der Waals surface area contributed by atoms with Crippen molar-refractivity contribution < 1.29 is 28.8 Å². The lowest BCUT2D eigenvalue weighted by Crippen LogP contribution is -2.02. The first kappa shape index (κ1) is 16.6. The molecule has 0 unspecified atom stereocenters. The van der Waals surface area contributed by atoms with Crippen LogP contribution in [0.3, 0.4) is 0 Å². The monoisotopic (exact) mass is 318 g/mol. The Bertz CT molecular complexity index is 695. The summed E-state index contributed by atoms with van der Waals surface area (Å²) < 4.78 is 21.0. The second-order valence-electron chi connectivity index (χ2n) is 4.60. The van der Waals surface area contributed by atoms with Crippen molar-refractivity contribution in [3.8, 4) is 23.0 Å². The third-order valence-corrected chi connectivity index (χ3v) is 3.22. The van der Waals surface area contributed by atoms with E-state index >= 15 is 0 Å². The van der Waals surface area contributed by atoms with Gasteiger partial charge in [0.25, 0.3) is 0 Å². The fraction of sp³-hybridized carbons (Fsp3) is 0.235. The molecule has 122 valence electrons. The van der Waals surface area contributed by atoms with Crippen LogP contribution in [-0.2, 0) is 11.3 Å². The molecule has 6 nitrogen and oxygen atoms in total. The van der Waals surface area contributed by atoms with Gasteiger partial charge in [-0.1, -0.05) is 6.07 Å². The van der Waals surface area contributed by atoms with Crippen molar-refractivity contribution in [2.24, 2.45) is 0 Å². The van der Waals surface area contributed by atoms with Crippen LogP contribution in [-0.4, -0.2) is 32.4 Å². The van der Waals surface area contributed by atoms with Crippen LogP contribution in [0.5, 0.6) is 23.0 Å². The number of esters is 1. The van der Waals surface area contributed by atoms with Gasteiger partial charge in [-0.2, -0.15) is 0 Å². The van der Waals surface area contributed by atoms with Gasteiger partial charge in [0.2, 0.25) is 0 Å². The molecule has 0 fully saturated rings. The fourth-order valence-electron chi connectivity index (χ4n) is 2.01. The van der Waals surface area contributed by atoms with Crippen LogP contribution in [0.15, 0.2) is 36.4 Å². The molecule has 0 amide bonds. The molecular formula is C17H18O6. The van der Waals surface area contributed by atoms with Crippen LogP contribution < -0.4 is 14.2 Å². The second kappa shape index (κ2) is 7.51. The molecule has 2 aromatic rings. The van der Waals surface area contributed by atoms with Crippen molar-refractivity contribution in [3.63, 3.8) is 0 Å². The lowest BCUT2D eigenvalue weighted by Gasteiger charge is -2.14. The molecule has 0 aliphatic heterocycles. The number of aliphatic hydroxyl groups is 1. The van der Waals surface area contributed by atoms with Gasteiger partial charge in [-0.25, -0.2) is 4.79 Å². The Hall–Kier alpha value is -2.73. The highest BCUT2D eigenvalue weighted by Gasteiger charge is 2.14. The molecule has 1 N–H and O–H groups in total. The standard InChI is InChI=1S/C17H18O6/c1-20-13-6-4-11(10-18)8-16(13)23-14-7-5-12(17(19)22-3)9-15(14)21-2/h4-9,18H,10H2,1-3H3. The molecule has 0 bridgehead atoms.